The lowest BCUT2D eigenvalue weighted by molar-refractivity contribution is 0.483. The Hall–Kier alpha value is -3.89. The molecule has 0 N–H and O–H groups in total. The molecule has 4 aromatic carbocycles. The number of hydrogen-bond donors (Lipinski definition) is 0. The maximum Gasteiger partial charge on any atom is 0.137 e. The third-order valence-electron chi connectivity index (χ3n) is 6.58. The second kappa shape index (κ2) is 9.45. The Bertz CT molecular complexity index is 2110. The largest absolute Gasteiger partial charge is 0.457 e. The fourth-order valence-corrected chi connectivity index (χ4v) is 4.99. The number of aryl methyl sites for hydroxylation is 1. The Kier molecular flexibility index (Phi) is 4.37. The maximum atomic E-state index is 8.84. The molecular weight excluding hydrogens is 532 g/mol. The molecule has 0 aliphatic rings. The summed E-state index contributed by atoms with van der Waals surface area (Å²) in [4.78, 5) is 4.70. The van der Waals surface area contributed by atoms with Crippen molar-refractivity contribution in [1.82, 2.24) is 9.55 Å². The minimum absolute atomic E-state index is 0.0656. The van der Waals surface area contributed by atoms with Gasteiger partial charge in [0, 0.05) is 37.2 Å². The Morgan fingerprint density at radius 2 is 1.66 bits per heavy atom. The monoisotopic (exact) mass is 567 g/mol. The van der Waals surface area contributed by atoms with Crippen molar-refractivity contribution in [3.8, 4) is 28.4 Å². The van der Waals surface area contributed by atoms with Crippen LogP contribution < -0.4 is 4.74 Å². The summed E-state index contributed by atoms with van der Waals surface area (Å²) >= 11 is 3.45. The highest BCUT2D eigenvalue weighted by molar-refractivity contribution is 9.10. The first-order valence-corrected chi connectivity index (χ1v) is 13.0. The highest BCUT2D eigenvalue weighted by Crippen LogP contribution is 2.36. The van der Waals surface area contributed by atoms with Crippen LogP contribution in [0.3, 0.4) is 0 Å². The van der Waals surface area contributed by atoms with Crippen LogP contribution in [0.25, 0.3) is 38.8 Å². The average Bonchev–Trinajstić information content (AvgIpc) is 3.32. The molecule has 0 unspecified atom stereocenters. The first-order chi connectivity index (χ1) is 21.1. The van der Waals surface area contributed by atoms with E-state index < -0.39 is 12.9 Å². The molecule has 3 nitrogen and oxygen atoms in total. The Balaban J connectivity index is 1.62. The molecule has 0 radical (unpaired) electrons. The molecule has 0 aliphatic heterocycles. The summed E-state index contributed by atoms with van der Waals surface area (Å²) in [5.41, 5.74) is 2.99. The van der Waals surface area contributed by atoms with E-state index in [1.165, 1.54) is 12.3 Å². The molecule has 0 spiro atoms. The van der Waals surface area contributed by atoms with Crippen molar-refractivity contribution in [2.75, 3.05) is 0 Å². The van der Waals surface area contributed by atoms with Crippen LogP contribution in [0.1, 0.15) is 41.5 Å². The number of aromatic nitrogens is 2. The summed E-state index contributed by atoms with van der Waals surface area (Å²) in [5.74, 6) is 1.26. The van der Waals surface area contributed by atoms with Gasteiger partial charge in [0.05, 0.1) is 16.5 Å². The number of para-hydroxylation sites is 1. The quantitative estimate of drug-likeness (QED) is 0.212. The molecule has 0 amide bonds. The molecule has 0 saturated heterocycles. The second-order valence-corrected chi connectivity index (χ2v) is 11.1. The molecule has 2 heterocycles. The second-order valence-electron chi connectivity index (χ2n) is 10.2. The minimum atomic E-state index is -2.50. The molecule has 0 aliphatic carbocycles. The SMILES string of the molecule is [2H]c1c([2H])c([2H])c2c(c1[2H])c1ccc(Oc3cccc(Br)c3)cc1n2-c1cc(C([2H])([2H])[2H])c(-c2ccc(C(C)(C)C)cc2)cn1. The van der Waals surface area contributed by atoms with Gasteiger partial charge in [-0.25, -0.2) is 4.98 Å². The van der Waals surface area contributed by atoms with E-state index in [-0.39, 0.29) is 40.4 Å². The summed E-state index contributed by atoms with van der Waals surface area (Å²) in [7, 11) is 0. The number of benzene rings is 4. The fourth-order valence-electron chi connectivity index (χ4n) is 4.61. The molecule has 6 aromatic rings. The Labute approximate surface area is 241 Å². The van der Waals surface area contributed by atoms with Crippen LogP contribution in [0.5, 0.6) is 11.5 Å². The van der Waals surface area contributed by atoms with Gasteiger partial charge in [-0.15, -0.1) is 0 Å². The summed E-state index contributed by atoms with van der Waals surface area (Å²) in [6.45, 7) is 3.84. The van der Waals surface area contributed by atoms with Gasteiger partial charge in [0.25, 0.3) is 0 Å². The maximum absolute atomic E-state index is 8.84. The molecule has 0 bridgehead atoms. The van der Waals surface area contributed by atoms with Crippen molar-refractivity contribution in [2.24, 2.45) is 0 Å². The van der Waals surface area contributed by atoms with E-state index in [0.717, 1.165) is 10.0 Å². The van der Waals surface area contributed by atoms with E-state index in [0.29, 0.717) is 38.9 Å². The summed E-state index contributed by atoms with van der Waals surface area (Å²) < 4.78 is 68.1. The lowest BCUT2D eigenvalue weighted by Crippen LogP contribution is -2.10. The minimum Gasteiger partial charge on any atom is -0.457 e. The lowest BCUT2D eigenvalue weighted by Gasteiger charge is -2.19. The van der Waals surface area contributed by atoms with Gasteiger partial charge in [0.1, 0.15) is 17.3 Å². The van der Waals surface area contributed by atoms with E-state index in [9.17, 15) is 0 Å². The number of nitrogens with zero attached hydrogens (tertiary/aromatic N) is 2. The van der Waals surface area contributed by atoms with E-state index in [1.54, 1.807) is 22.8 Å². The highest BCUT2D eigenvalue weighted by Gasteiger charge is 2.16. The van der Waals surface area contributed by atoms with Crippen LogP contribution >= 0.6 is 15.9 Å². The number of halogens is 1. The third kappa shape index (κ3) is 4.50. The molecule has 6 rings (SSSR count). The molecule has 188 valence electrons. The summed E-state index contributed by atoms with van der Waals surface area (Å²) in [5, 5.41) is 0.863. The normalized spacial score (nSPS) is 14.8. The lowest BCUT2D eigenvalue weighted by atomic mass is 9.86. The van der Waals surface area contributed by atoms with Crippen LogP contribution in [0, 0.1) is 6.85 Å². The Morgan fingerprint density at radius 1 is 0.868 bits per heavy atom. The van der Waals surface area contributed by atoms with Gasteiger partial charge in [-0.3, -0.25) is 4.57 Å². The number of rotatable bonds is 4. The molecule has 0 atom stereocenters. The molecular formula is C34H29BrN2O. The van der Waals surface area contributed by atoms with Crippen molar-refractivity contribution in [3.05, 3.63) is 119 Å². The van der Waals surface area contributed by atoms with Gasteiger partial charge < -0.3 is 4.74 Å². The summed E-state index contributed by atoms with van der Waals surface area (Å²) in [6.07, 6.45) is 1.52. The average molecular weight is 569 g/mol. The predicted molar refractivity (Wildman–Crippen MR) is 162 cm³/mol. The number of hydrogen-bond acceptors (Lipinski definition) is 2. The first-order valence-electron chi connectivity index (χ1n) is 15.7. The highest BCUT2D eigenvalue weighted by atomic mass is 79.9. The van der Waals surface area contributed by atoms with Gasteiger partial charge in [-0.2, -0.15) is 0 Å². The predicted octanol–water partition coefficient (Wildman–Crippen LogP) is 10.0. The molecule has 0 fully saturated rings. The Morgan fingerprint density at radius 3 is 2.42 bits per heavy atom. The molecule has 4 heteroatoms. The van der Waals surface area contributed by atoms with E-state index >= 15 is 0 Å². The fraction of sp³-hybridized carbons (Fsp3) is 0.147. The van der Waals surface area contributed by atoms with Crippen LogP contribution in [0.15, 0.2) is 108 Å². The number of pyridine rings is 1. The summed E-state index contributed by atoms with van der Waals surface area (Å²) in [6, 6.07) is 20.6. The van der Waals surface area contributed by atoms with Crippen molar-refractivity contribution >= 4 is 37.7 Å². The van der Waals surface area contributed by atoms with Gasteiger partial charge in [-0.05, 0) is 71.4 Å². The zero-order valence-electron chi connectivity index (χ0n) is 28.2. The van der Waals surface area contributed by atoms with Crippen LogP contribution in [-0.4, -0.2) is 9.55 Å². The number of fused-ring (bicyclic) bond motifs is 3. The van der Waals surface area contributed by atoms with Crippen LogP contribution in [0.2, 0.25) is 0 Å². The van der Waals surface area contributed by atoms with Gasteiger partial charge in [-0.1, -0.05) is 85.2 Å². The van der Waals surface area contributed by atoms with Crippen molar-refractivity contribution in [3.63, 3.8) is 0 Å². The van der Waals surface area contributed by atoms with Crippen molar-refractivity contribution in [1.29, 1.82) is 0 Å². The van der Waals surface area contributed by atoms with Crippen molar-refractivity contribution in [2.45, 2.75) is 33.0 Å². The zero-order valence-corrected chi connectivity index (χ0v) is 22.8. The first kappa shape index (κ1) is 17.6. The van der Waals surface area contributed by atoms with E-state index in [4.69, 9.17) is 19.3 Å². The zero-order chi connectivity index (χ0) is 32.4. The smallest absolute Gasteiger partial charge is 0.137 e. The van der Waals surface area contributed by atoms with Gasteiger partial charge in [0.15, 0.2) is 0 Å². The number of ether oxygens (including phenoxy) is 1. The molecule has 38 heavy (non-hydrogen) atoms. The third-order valence-corrected chi connectivity index (χ3v) is 7.08. The van der Waals surface area contributed by atoms with E-state index in [1.807, 2.05) is 48.5 Å². The van der Waals surface area contributed by atoms with Gasteiger partial charge >= 0.3 is 0 Å². The molecule has 2 aromatic heterocycles. The van der Waals surface area contributed by atoms with Crippen LogP contribution in [-0.2, 0) is 5.41 Å². The standard InChI is InChI=1S/C34H29BrN2O/c1-22-18-33(36-21-30(22)23-12-14-24(15-13-23)34(2,3)4)37-31-11-6-5-10-28(31)29-17-16-27(20-32(29)37)38-26-9-7-8-25(35)19-26/h5-21H,1-4H3/i1D3,5D,6D,10D,11D. The van der Waals surface area contributed by atoms with Crippen LogP contribution in [0.4, 0.5) is 0 Å². The van der Waals surface area contributed by atoms with E-state index in [2.05, 4.69) is 36.7 Å². The van der Waals surface area contributed by atoms with Crippen molar-refractivity contribution < 1.29 is 14.3 Å². The topological polar surface area (TPSA) is 27.1 Å². The molecule has 0 saturated carbocycles. The van der Waals surface area contributed by atoms with Gasteiger partial charge in [0.2, 0.25) is 0 Å².